The Kier molecular flexibility index (Phi) is 16.6. The average molecular weight is 545 g/mol. The van der Waals surface area contributed by atoms with E-state index < -0.39 is 0 Å². The Balaban J connectivity index is 2.23. The molecule has 0 aliphatic heterocycles. The zero-order valence-corrected chi connectivity index (χ0v) is 26.1. The summed E-state index contributed by atoms with van der Waals surface area (Å²) in [5, 5.41) is 2.53. The fourth-order valence-corrected chi connectivity index (χ4v) is 4.73. The summed E-state index contributed by atoms with van der Waals surface area (Å²) >= 11 is 0. The Bertz CT molecular complexity index is 1280. The highest BCUT2D eigenvalue weighted by atomic mass is 14.1. The molecule has 0 aromatic heterocycles. The number of hydrogen-bond acceptors (Lipinski definition) is 0. The van der Waals surface area contributed by atoms with Crippen molar-refractivity contribution in [1.82, 2.24) is 0 Å². The third-order valence-corrected chi connectivity index (χ3v) is 7.35. The third kappa shape index (κ3) is 13.0. The van der Waals surface area contributed by atoms with E-state index in [2.05, 4.69) is 143 Å². The fourth-order valence-electron chi connectivity index (χ4n) is 4.73. The first-order chi connectivity index (χ1) is 20.0. The van der Waals surface area contributed by atoms with Crippen LogP contribution >= 0.6 is 0 Å². The zero-order chi connectivity index (χ0) is 29.7. The van der Waals surface area contributed by atoms with Crippen molar-refractivity contribution in [3.8, 4) is 0 Å². The summed E-state index contributed by atoms with van der Waals surface area (Å²) in [6.07, 6.45) is 38.2. The molecular formula is C41H52. The van der Waals surface area contributed by atoms with Crippen LogP contribution in [0, 0.1) is 11.8 Å². The van der Waals surface area contributed by atoms with Crippen molar-refractivity contribution < 1.29 is 0 Å². The van der Waals surface area contributed by atoms with E-state index >= 15 is 0 Å². The molecule has 0 amide bonds. The van der Waals surface area contributed by atoms with E-state index in [0.717, 1.165) is 38.0 Å². The van der Waals surface area contributed by atoms with Crippen LogP contribution in [0.25, 0.3) is 22.4 Å². The minimum absolute atomic E-state index is 0.425. The van der Waals surface area contributed by atoms with E-state index in [4.69, 9.17) is 0 Å². The van der Waals surface area contributed by atoms with Crippen LogP contribution in [0.1, 0.15) is 83.8 Å². The SMILES string of the molecule is C=C/C=C(\C=Cc1cc(/C(=C/C=C)CC=CC(C)/C=C\CC(C)CC)c2ccccc2c1)CCCC/C=C\C=C/C. The van der Waals surface area contributed by atoms with Gasteiger partial charge >= 0.3 is 0 Å². The normalized spacial score (nSPS) is 14.8. The first-order valence-corrected chi connectivity index (χ1v) is 15.5. The summed E-state index contributed by atoms with van der Waals surface area (Å²) < 4.78 is 0. The summed E-state index contributed by atoms with van der Waals surface area (Å²) in [5.41, 5.74) is 5.08. The molecule has 0 spiro atoms. The maximum Gasteiger partial charge on any atom is -0.00818 e. The molecule has 2 rings (SSSR count). The Hall–Kier alpha value is -3.64. The van der Waals surface area contributed by atoms with E-state index in [-0.39, 0.29) is 0 Å². The fraction of sp³-hybridized carbons (Fsp3) is 0.317. The Morgan fingerprint density at radius 1 is 0.902 bits per heavy atom. The summed E-state index contributed by atoms with van der Waals surface area (Å²) in [6, 6.07) is 13.3. The van der Waals surface area contributed by atoms with Gasteiger partial charge in [-0.3, -0.25) is 0 Å². The number of fused-ring (bicyclic) bond motifs is 1. The highest BCUT2D eigenvalue weighted by Gasteiger charge is 2.08. The molecule has 41 heavy (non-hydrogen) atoms. The van der Waals surface area contributed by atoms with Crippen LogP contribution in [0.15, 0.2) is 134 Å². The minimum atomic E-state index is 0.425. The molecule has 0 saturated heterocycles. The van der Waals surface area contributed by atoms with Crippen LogP contribution < -0.4 is 0 Å². The second kappa shape index (κ2) is 20.3. The van der Waals surface area contributed by atoms with Gasteiger partial charge in [-0.1, -0.05) is 150 Å². The zero-order valence-electron chi connectivity index (χ0n) is 26.1. The van der Waals surface area contributed by atoms with Crippen molar-refractivity contribution in [2.45, 2.75) is 72.6 Å². The van der Waals surface area contributed by atoms with Gasteiger partial charge in [0.2, 0.25) is 0 Å². The monoisotopic (exact) mass is 544 g/mol. The number of hydrogen-bond donors (Lipinski definition) is 0. The van der Waals surface area contributed by atoms with Gasteiger partial charge < -0.3 is 0 Å². The number of rotatable bonds is 18. The van der Waals surface area contributed by atoms with Gasteiger partial charge in [-0.15, -0.1) is 0 Å². The third-order valence-electron chi connectivity index (χ3n) is 7.35. The lowest BCUT2D eigenvalue weighted by Crippen LogP contribution is -1.91. The summed E-state index contributed by atoms with van der Waals surface area (Å²) in [6.45, 7) is 16.8. The van der Waals surface area contributed by atoms with Crippen molar-refractivity contribution in [2.75, 3.05) is 0 Å². The topological polar surface area (TPSA) is 0 Å². The molecule has 0 aliphatic carbocycles. The van der Waals surface area contributed by atoms with Crippen LogP contribution in [-0.4, -0.2) is 0 Å². The molecule has 0 heteroatoms. The standard InChI is InChI=1S/C41H52/c1-7-11-12-13-14-15-16-26-36(21-8-2)30-31-37-32-39-27-17-18-29-40(39)41(33-37)38(22-9-3)28-20-25-35(6)24-19-23-34(5)10-4/h7-9,11-13,17-22,24-25,27,29-35H,2-3,10,14-16,23,26,28H2,1,4-6H3/b11-7-,13-12-,24-19-,25-20?,31-30?,36-21-,38-22+. The van der Waals surface area contributed by atoms with Crippen molar-refractivity contribution in [1.29, 1.82) is 0 Å². The van der Waals surface area contributed by atoms with Crippen molar-refractivity contribution in [3.05, 3.63) is 145 Å². The molecular weight excluding hydrogens is 492 g/mol. The lowest BCUT2D eigenvalue weighted by Gasteiger charge is -2.12. The lowest BCUT2D eigenvalue weighted by molar-refractivity contribution is 0.570. The van der Waals surface area contributed by atoms with Gasteiger partial charge in [-0.05, 0) is 102 Å². The van der Waals surface area contributed by atoms with Crippen molar-refractivity contribution in [2.24, 2.45) is 11.8 Å². The van der Waals surface area contributed by atoms with E-state index in [9.17, 15) is 0 Å². The second-order valence-corrected chi connectivity index (χ2v) is 10.9. The molecule has 0 bridgehead atoms. The molecule has 0 saturated carbocycles. The van der Waals surface area contributed by atoms with E-state index in [0.29, 0.717) is 5.92 Å². The molecule has 0 N–H and O–H groups in total. The van der Waals surface area contributed by atoms with Gasteiger partial charge in [0, 0.05) is 0 Å². The molecule has 0 nitrogen and oxygen atoms in total. The molecule has 0 heterocycles. The highest BCUT2D eigenvalue weighted by Crippen LogP contribution is 2.30. The maximum atomic E-state index is 4.02. The van der Waals surface area contributed by atoms with Crippen molar-refractivity contribution >= 4 is 22.4 Å². The molecule has 0 fully saturated rings. The lowest BCUT2D eigenvalue weighted by atomic mass is 9.92. The predicted octanol–water partition coefficient (Wildman–Crippen LogP) is 12.8. The molecule has 2 unspecified atom stereocenters. The average Bonchev–Trinajstić information content (AvgIpc) is 2.98. The largest absolute Gasteiger partial charge is 0.0991 e. The van der Waals surface area contributed by atoms with Crippen molar-refractivity contribution in [3.63, 3.8) is 0 Å². The number of benzene rings is 2. The van der Waals surface area contributed by atoms with E-state index in [1.165, 1.54) is 45.9 Å². The molecule has 2 atom stereocenters. The van der Waals surface area contributed by atoms with Crippen LogP contribution in [0.3, 0.4) is 0 Å². The van der Waals surface area contributed by atoms with Gasteiger partial charge in [-0.2, -0.15) is 0 Å². The molecule has 2 aromatic carbocycles. The summed E-state index contributed by atoms with van der Waals surface area (Å²) in [7, 11) is 0. The van der Waals surface area contributed by atoms with Gasteiger partial charge in [0.1, 0.15) is 0 Å². The first kappa shape index (κ1) is 33.6. The van der Waals surface area contributed by atoms with Gasteiger partial charge in [-0.25, -0.2) is 0 Å². The maximum absolute atomic E-state index is 4.02. The quantitative estimate of drug-likeness (QED) is 0.0994. The van der Waals surface area contributed by atoms with Crippen LogP contribution in [-0.2, 0) is 0 Å². The second-order valence-electron chi connectivity index (χ2n) is 10.9. The minimum Gasteiger partial charge on any atom is -0.0991 e. The smallest absolute Gasteiger partial charge is 0.00818 e. The number of allylic oxidation sites excluding steroid dienone is 15. The van der Waals surface area contributed by atoms with Gasteiger partial charge in [0.25, 0.3) is 0 Å². The van der Waals surface area contributed by atoms with E-state index in [1.54, 1.807) is 0 Å². The van der Waals surface area contributed by atoms with Gasteiger partial charge in [0.05, 0.1) is 0 Å². The molecule has 216 valence electrons. The Labute approximate surface area is 251 Å². The Morgan fingerprint density at radius 3 is 2.44 bits per heavy atom. The van der Waals surface area contributed by atoms with E-state index in [1.807, 2.05) is 19.1 Å². The molecule has 0 aliphatic rings. The highest BCUT2D eigenvalue weighted by molar-refractivity contribution is 5.96. The predicted molar refractivity (Wildman–Crippen MR) is 188 cm³/mol. The van der Waals surface area contributed by atoms with Crippen LogP contribution in [0.2, 0.25) is 0 Å². The summed E-state index contributed by atoms with van der Waals surface area (Å²) in [4.78, 5) is 0. The van der Waals surface area contributed by atoms with Gasteiger partial charge in [0.15, 0.2) is 0 Å². The molecule has 0 radical (unpaired) electrons. The first-order valence-electron chi connectivity index (χ1n) is 15.5. The summed E-state index contributed by atoms with van der Waals surface area (Å²) in [5.74, 6) is 1.17. The van der Waals surface area contributed by atoms with Crippen LogP contribution in [0.4, 0.5) is 0 Å². The number of unbranched alkanes of at least 4 members (excludes halogenated alkanes) is 2. The van der Waals surface area contributed by atoms with Crippen LogP contribution in [0.5, 0.6) is 0 Å². The molecule has 2 aromatic rings. The Morgan fingerprint density at radius 2 is 1.68 bits per heavy atom.